The molecule has 1 N–H and O–H groups in total. The zero-order chi connectivity index (χ0) is 14.9. The topological polar surface area (TPSA) is 73.6 Å². The van der Waals surface area contributed by atoms with Crippen molar-refractivity contribution in [1.82, 2.24) is 19.6 Å². The maximum Gasteiger partial charge on any atom is 0.254 e. The van der Waals surface area contributed by atoms with Gasteiger partial charge in [0.05, 0.1) is 6.54 Å². The first-order valence-corrected chi connectivity index (χ1v) is 7.09. The van der Waals surface area contributed by atoms with Crippen molar-refractivity contribution in [2.45, 2.75) is 13.0 Å². The summed E-state index contributed by atoms with van der Waals surface area (Å²) >= 11 is 0. The van der Waals surface area contributed by atoms with Gasteiger partial charge >= 0.3 is 0 Å². The first-order valence-electron chi connectivity index (χ1n) is 7.09. The number of ether oxygens (including phenoxy) is 2. The summed E-state index contributed by atoms with van der Waals surface area (Å²) in [4.78, 5) is 8.42. The number of anilines is 1. The van der Waals surface area contributed by atoms with Crippen LogP contribution in [0.1, 0.15) is 5.69 Å². The van der Waals surface area contributed by atoms with E-state index in [1.54, 1.807) is 4.52 Å². The second kappa shape index (κ2) is 5.18. The minimum Gasteiger partial charge on any atom is -0.486 e. The lowest BCUT2D eigenvalue weighted by atomic mass is 10.2. The Morgan fingerprint density at radius 3 is 3.09 bits per heavy atom. The summed E-state index contributed by atoms with van der Waals surface area (Å²) in [6.45, 7) is 3.04. The molecule has 1 atom stereocenters. The Morgan fingerprint density at radius 2 is 2.18 bits per heavy atom. The molecule has 0 saturated carbocycles. The number of aryl methyl sites for hydroxylation is 1. The van der Waals surface area contributed by atoms with Gasteiger partial charge in [-0.05, 0) is 19.1 Å². The molecule has 0 fully saturated rings. The summed E-state index contributed by atoms with van der Waals surface area (Å²) in [5.74, 6) is 2.98. The minimum atomic E-state index is -0.0676. The molecule has 3 heterocycles. The first-order chi connectivity index (χ1) is 10.8. The number of aromatic nitrogens is 4. The molecule has 0 amide bonds. The van der Waals surface area contributed by atoms with E-state index >= 15 is 0 Å². The molecule has 1 aliphatic rings. The maximum absolute atomic E-state index is 5.93. The fourth-order valence-corrected chi connectivity index (χ4v) is 2.44. The van der Waals surface area contributed by atoms with E-state index in [-0.39, 0.29) is 6.10 Å². The third-order valence-electron chi connectivity index (χ3n) is 3.46. The van der Waals surface area contributed by atoms with Crippen molar-refractivity contribution in [3.8, 4) is 11.5 Å². The normalized spacial score (nSPS) is 16.7. The van der Waals surface area contributed by atoms with E-state index in [1.165, 1.54) is 6.33 Å². The molecule has 2 aromatic heterocycles. The van der Waals surface area contributed by atoms with Crippen molar-refractivity contribution in [1.29, 1.82) is 0 Å². The summed E-state index contributed by atoms with van der Waals surface area (Å²) in [6.07, 6.45) is 1.42. The van der Waals surface area contributed by atoms with Crippen molar-refractivity contribution < 1.29 is 9.47 Å². The van der Waals surface area contributed by atoms with Crippen LogP contribution in [0.15, 0.2) is 36.7 Å². The van der Waals surface area contributed by atoms with Gasteiger partial charge in [0.2, 0.25) is 0 Å². The van der Waals surface area contributed by atoms with Crippen LogP contribution in [0.5, 0.6) is 11.5 Å². The molecule has 0 spiro atoms. The molecule has 1 aromatic carbocycles. The first kappa shape index (κ1) is 12.9. The SMILES string of the molecule is Cc1cc(NC[C@H]2COc3ccccc3O2)n2ncnc2n1. The quantitative estimate of drug-likeness (QED) is 0.793. The van der Waals surface area contributed by atoms with Crippen LogP contribution in [-0.4, -0.2) is 38.8 Å². The summed E-state index contributed by atoms with van der Waals surface area (Å²) in [5, 5.41) is 7.50. The van der Waals surface area contributed by atoms with Crippen LogP contribution in [0.3, 0.4) is 0 Å². The number of hydrogen-bond donors (Lipinski definition) is 1. The van der Waals surface area contributed by atoms with Gasteiger partial charge in [-0.3, -0.25) is 0 Å². The van der Waals surface area contributed by atoms with E-state index in [4.69, 9.17) is 9.47 Å². The number of fused-ring (bicyclic) bond motifs is 2. The van der Waals surface area contributed by atoms with E-state index < -0.39 is 0 Å². The lowest BCUT2D eigenvalue weighted by Gasteiger charge is -2.26. The second-order valence-corrected chi connectivity index (χ2v) is 5.13. The van der Waals surface area contributed by atoms with E-state index in [1.807, 2.05) is 37.3 Å². The monoisotopic (exact) mass is 297 g/mol. The van der Waals surface area contributed by atoms with Gasteiger partial charge in [0.1, 0.15) is 24.9 Å². The molecule has 7 heteroatoms. The molecule has 22 heavy (non-hydrogen) atoms. The highest BCUT2D eigenvalue weighted by atomic mass is 16.6. The van der Waals surface area contributed by atoms with Crippen LogP contribution in [-0.2, 0) is 0 Å². The summed E-state index contributed by atoms with van der Waals surface area (Å²) in [7, 11) is 0. The van der Waals surface area contributed by atoms with Gasteiger partial charge in [0.15, 0.2) is 11.5 Å². The number of rotatable bonds is 3. The maximum atomic E-state index is 5.93. The molecule has 0 bridgehead atoms. The number of hydrogen-bond acceptors (Lipinski definition) is 6. The standard InChI is InChI=1S/C15H15N5O2/c1-10-6-14(20-15(19-10)17-9-18-20)16-7-11-8-21-12-4-2-3-5-13(12)22-11/h2-6,9,11,16H,7-8H2,1H3/t11-/m0/s1. The Labute approximate surface area is 126 Å². The van der Waals surface area contributed by atoms with E-state index in [0.29, 0.717) is 18.9 Å². The third kappa shape index (κ3) is 2.30. The van der Waals surface area contributed by atoms with Crippen molar-refractivity contribution in [3.05, 3.63) is 42.4 Å². The van der Waals surface area contributed by atoms with Gasteiger partial charge in [0.25, 0.3) is 5.78 Å². The smallest absolute Gasteiger partial charge is 0.254 e. The van der Waals surface area contributed by atoms with Crippen LogP contribution < -0.4 is 14.8 Å². The number of nitrogens with zero attached hydrogens (tertiary/aromatic N) is 4. The molecule has 0 aliphatic carbocycles. The molecule has 3 aromatic rings. The zero-order valence-corrected chi connectivity index (χ0v) is 12.1. The highest BCUT2D eigenvalue weighted by molar-refractivity contribution is 5.45. The van der Waals surface area contributed by atoms with Crippen LogP contribution in [0.2, 0.25) is 0 Å². The van der Waals surface area contributed by atoms with Crippen LogP contribution in [0.25, 0.3) is 5.78 Å². The molecule has 4 rings (SSSR count). The van der Waals surface area contributed by atoms with Crippen molar-refractivity contribution in [2.24, 2.45) is 0 Å². The Balaban J connectivity index is 1.50. The largest absolute Gasteiger partial charge is 0.486 e. The molecule has 0 radical (unpaired) electrons. The van der Waals surface area contributed by atoms with E-state index in [0.717, 1.165) is 23.0 Å². The average molecular weight is 297 g/mol. The molecule has 0 saturated heterocycles. The summed E-state index contributed by atoms with van der Waals surface area (Å²) < 4.78 is 13.3. The Hall–Kier alpha value is -2.83. The Kier molecular flexibility index (Phi) is 3.03. The number of nitrogens with one attached hydrogen (secondary N) is 1. The molecule has 112 valence electrons. The number of benzene rings is 1. The molecule has 0 unspecified atom stereocenters. The van der Waals surface area contributed by atoms with Gasteiger partial charge in [0, 0.05) is 11.8 Å². The fourth-order valence-electron chi connectivity index (χ4n) is 2.44. The highest BCUT2D eigenvalue weighted by Gasteiger charge is 2.20. The fraction of sp³-hybridized carbons (Fsp3) is 0.267. The van der Waals surface area contributed by atoms with Crippen LogP contribution >= 0.6 is 0 Å². The van der Waals surface area contributed by atoms with Gasteiger partial charge in [-0.2, -0.15) is 14.6 Å². The van der Waals surface area contributed by atoms with Gasteiger partial charge < -0.3 is 14.8 Å². The minimum absolute atomic E-state index is 0.0676. The van der Waals surface area contributed by atoms with Gasteiger partial charge in [-0.25, -0.2) is 4.98 Å². The molecule has 1 aliphatic heterocycles. The third-order valence-corrected chi connectivity index (χ3v) is 3.46. The molecule has 7 nitrogen and oxygen atoms in total. The van der Waals surface area contributed by atoms with Crippen LogP contribution in [0, 0.1) is 6.92 Å². The van der Waals surface area contributed by atoms with Crippen molar-refractivity contribution in [2.75, 3.05) is 18.5 Å². The lowest BCUT2D eigenvalue weighted by molar-refractivity contribution is 0.0997. The zero-order valence-electron chi connectivity index (χ0n) is 12.1. The summed E-state index contributed by atoms with van der Waals surface area (Å²) in [6, 6.07) is 9.61. The molecular weight excluding hydrogens is 282 g/mol. The average Bonchev–Trinajstić information content (AvgIpc) is 3.00. The number of para-hydroxylation sites is 2. The molecular formula is C15H15N5O2. The Morgan fingerprint density at radius 1 is 1.32 bits per heavy atom. The van der Waals surface area contributed by atoms with Crippen molar-refractivity contribution >= 4 is 11.6 Å². The Bertz CT molecular complexity index is 817. The van der Waals surface area contributed by atoms with Crippen LogP contribution in [0.4, 0.5) is 5.82 Å². The van der Waals surface area contributed by atoms with E-state index in [2.05, 4.69) is 20.4 Å². The second-order valence-electron chi connectivity index (χ2n) is 5.13. The van der Waals surface area contributed by atoms with E-state index in [9.17, 15) is 0 Å². The van der Waals surface area contributed by atoms with Gasteiger partial charge in [-0.15, -0.1) is 0 Å². The lowest BCUT2D eigenvalue weighted by Crippen LogP contribution is -2.35. The highest BCUT2D eigenvalue weighted by Crippen LogP contribution is 2.30. The van der Waals surface area contributed by atoms with Gasteiger partial charge in [-0.1, -0.05) is 12.1 Å². The predicted molar refractivity (Wildman–Crippen MR) is 80.4 cm³/mol. The summed E-state index contributed by atoms with van der Waals surface area (Å²) in [5.41, 5.74) is 0.883. The van der Waals surface area contributed by atoms with Crippen molar-refractivity contribution in [3.63, 3.8) is 0 Å². The predicted octanol–water partition coefficient (Wildman–Crippen LogP) is 1.68.